The predicted octanol–water partition coefficient (Wildman–Crippen LogP) is 3.22. The number of carboxylic acid groups (broad SMARTS) is 1. The molecule has 0 bridgehead atoms. The number of aliphatic carboxylic acids is 1. The maximum absolute atomic E-state index is 11.0. The van der Waals surface area contributed by atoms with E-state index < -0.39 is 11.9 Å². The Morgan fingerprint density at radius 3 is 2.71 bits per heavy atom. The van der Waals surface area contributed by atoms with Crippen molar-refractivity contribution in [1.29, 1.82) is 0 Å². The molecule has 0 radical (unpaired) electrons. The monoisotopic (exact) mass is 298 g/mol. The van der Waals surface area contributed by atoms with Gasteiger partial charge in [-0.3, -0.25) is 4.79 Å². The zero-order chi connectivity index (χ0) is 12.6. The van der Waals surface area contributed by atoms with Crippen molar-refractivity contribution in [2.45, 2.75) is 38.5 Å². The van der Waals surface area contributed by atoms with Gasteiger partial charge in [-0.1, -0.05) is 6.07 Å². The Morgan fingerprint density at radius 2 is 2.06 bits per heavy atom. The quantitative estimate of drug-likeness (QED) is 0.881. The fourth-order valence-corrected chi connectivity index (χ4v) is 3.01. The molecule has 92 valence electrons. The van der Waals surface area contributed by atoms with Crippen LogP contribution in [0.15, 0.2) is 10.5 Å². The van der Waals surface area contributed by atoms with E-state index in [0.29, 0.717) is 10.0 Å². The second-order valence-corrected chi connectivity index (χ2v) is 5.33. The van der Waals surface area contributed by atoms with Crippen LogP contribution in [0.4, 0.5) is 0 Å². The van der Waals surface area contributed by atoms with Crippen LogP contribution in [0, 0.1) is 0 Å². The molecular weight excluding hydrogens is 284 g/mol. The lowest BCUT2D eigenvalue weighted by Gasteiger charge is -2.21. The average Bonchev–Trinajstić information content (AvgIpc) is 2.33. The minimum Gasteiger partial charge on any atom is -0.506 e. The highest BCUT2D eigenvalue weighted by molar-refractivity contribution is 9.10. The van der Waals surface area contributed by atoms with Gasteiger partial charge in [0, 0.05) is 5.56 Å². The summed E-state index contributed by atoms with van der Waals surface area (Å²) >= 11 is 3.39. The molecule has 0 heterocycles. The van der Waals surface area contributed by atoms with Crippen LogP contribution in [0.3, 0.4) is 0 Å². The van der Waals surface area contributed by atoms with Crippen molar-refractivity contribution in [3.05, 3.63) is 27.2 Å². The molecule has 2 rings (SSSR count). The number of phenols is 1. The molecule has 1 aliphatic carbocycles. The number of fused-ring (bicyclic) bond motifs is 1. The zero-order valence-corrected chi connectivity index (χ0v) is 11.2. The Balaban J connectivity index is 2.55. The molecule has 2 N–H and O–H groups in total. The fraction of sp³-hybridized carbons (Fsp3) is 0.462. The second kappa shape index (κ2) is 4.69. The first-order chi connectivity index (χ1) is 8.02. The van der Waals surface area contributed by atoms with E-state index >= 15 is 0 Å². The van der Waals surface area contributed by atoms with Gasteiger partial charge < -0.3 is 10.2 Å². The number of rotatable bonds is 2. The summed E-state index contributed by atoms with van der Waals surface area (Å²) in [5.41, 5.74) is 2.81. The maximum Gasteiger partial charge on any atom is 0.310 e. The van der Waals surface area contributed by atoms with Crippen molar-refractivity contribution >= 4 is 21.9 Å². The number of phenolic OH excluding ortho intramolecular Hbond substituents is 1. The van der Waals surface area contributed by atoms with Gasteiger partial charge in [-0.05, 0) is 59.7 Å². The topological polar surface area (TPSA) is 57.5 Å². The van der Waals surface area contributed by atoms with Crippen LogP contribution in [-0.2, 0) is 17.6 Å². The Kier molecular flexibility index (Phi) is 3.43. The van der Waals surface area contributed by atoms with Gasteiger partial charge >= 0.3 is 5.97 Å². The summed E-state index contributed by atoms with van der Waals surface area (Å²) in [7, 11) is 0. The Bertz CT molecular complexity index is 468. The Hall–Kier alpha value is -1.03. The number of hydrogen-bond acceptors (Lipinski definition) is 2. The summed E-state index contributed by atoms with van der Waals surface area (Å²) in [6, 6.07) is 1.85. The van der Waals surface area contributed by atoms with Gasteiger partial charge in [-0.25, -0.2) is 0 Å². The van der Waals surface area contributed by atoms with E-state index in [-0.39, 0.29) is 5.75 Å². The molecular formula is C13H15BrO3. The number of halogens is 1. The minimum atomic E-state index is -0.914. The van der Waals surface area contributed by atoms with Gasteiger partial charge in [-0.2, -0.15) is 0 Å². The third-order valence-corrected chi connectivity index (χ3v) is 4.28. The lowest BCUT2D eigenvalue weighted by molar-refractivity contribution is -0.138. The molecule has 0 spiro atoms. The molecule has 3 nitrogen and oxygen atoms in total. The van der Waals surface area contributed by atoms with Crippen molar-refractivity contribution in [2.24, 2.45) is 0 Å². The molecule has 0 amide bonds. The summed E-state index contributed by atoms with van der Waals surface area (Å²) in [4.78, 5) is 11.0. The number of aryl methyl sites for hydroxylation is 1. The number of hydrogen-bond donors (Lipinski definition) is 2. The molecule has 1 aliphatic rings. The van der Waals surface area contributed by atoms with Crippen LogP contribution in [-0.4, -0.2) is 16.2 Å². The first-order valence-corrected chi connectivity index (χ1v) is 6.57. The lowest BCUT2D eigenvalue weighted by Crippen LogP contribution is -2.11. The Morgan fingerprint density at radius 1 is 1.41 bits per heavy atom. The molecule has 0 saturated carbocycles. The van der Waals surface area contributed by atoms with E-state index in [1.54, 1.807) is 6.92 Å². The molecule has 1 aromatic rings. The minimum absolute atomic E-state index is 0.0838. The normalized spacial score (nSPS) is 16.4. The van der Waals surface area contributed by atoms with Crippen LogP contribution in [0.25, 0.3) is 0 Å². The summed E-state index contributed by atoms with van der Waals surface area (Å²) in [5.74, 6) is -1.51. The van der Waals surface area contributed by atoms with Crippen molar-refractivity contribution in [3.63, 3.8) is 0 Å². The van der Waals surface area contributed by atoms with E-state index in [2.05, 4.69) is 15.9 Å². The van der Waals surface area contributed by atoms with E-state index in [1.165, 1.54) is 5.56 Å². The number of carbonyl (C=O) groups is 1. The summed E-state index contributed by atoms with van der Waals surface area (Å²) in [5, 5.41) is 19.1. The Labute approximate surface area is 109 Å². The fourth-order valence-electron chi connectivity index (χ4n) is 2.33. The molecule has 0 aromatic heterocycles. The molecule has 1 unspecified atom stereocenters. The zero-order valence-electron chi connectivity index (χ0n) is 9.66. The number of benzene rings is 1. The van der Waals surface area contributed by atoms with E-state index in [4.69, 9.17) is 5.11 Å². The average molecular weight is 299 g/mol. The van der Waals surface area contributed by atoms with Gasteiger partial charge in [0.1, 0.15) is 5.75 Å². The lowest BCUT2D eigenvalue weighted by atomic mass is 9.87. The van der Waals surface area contributed by atoms with Crippen molar-refractivity contribution in [1.82, 2.24) is 0 Å². The highest BCUT2D eigenvalue weighted by atomic mass is 79.9. The molecule has 4 heteroatoms. The van der Waals surface area contributed by atoms with Gasteiger partial charge in [0.2, 0.25) is 0 Å². The summed E-state index contributed by atoms with van der Waals surface area (Å²) < 4.78 is 0.679. The third kappa shape index (κ3) is 2.18. The first kappa shape index (κ1) is 12.4. The van der Waals surface area contributed by atoms with Crippen LogP contribution >= 0.6 is 15.9 Å². The predicted molar refractivity (Wildman–Crippen MR) is 68.5 cm³/mol. The molecule has 1 atom stereocenters. The third-order valence-electron chi connectivity index (χ3n) is 3.42. The number of aromatic hydroxyl groups is 1. The summed E-state index contributed by atoms with van der Waals surface area (Å²) in [6.45, 7) is 1.60. The smallest absolute Gasteiger partial charge is 0.310 e. The van der Waals surface area contributed by atoms with Gasteiger partial charge in [0.15, 0.2) is 0 Å². The molecule has 0 fully saturated rings. The highest BCUT2D eigenvalue weighted by Crippen LogP contribution is 2.40. The SMILES string of the molecule is CC(C(=O)O)c1cc2c(c(Br)c1O)CCCC2. The van der Waals surface area contributed by atoms with Gasteiger partial charge in [0.05, 0.1) is 10.4 Å². The summed E-state index contributed by atoms with van der Waals surface area (Å²) in [6.07, 6.45) is 4.17. The second-order valence-electron chi connectivity index (χ2n) is 4.53. The number of carboxylic acids is 1. The largest absolute Gasteiger partial charge is 0.506 e. The van der Waals surface area contributed by atoms with E-state index in [1.807, 2.05) is 6.07 Å². The first-order valence-electron chi connectivity index (χ1n) is 5.78. The molecule has 1 aromatic carbocycles. The van der Waals surface area contributed by atoms with Crippen LogP contribution in [0.1, 0.15) is 42.4 Å². The van der Waals surface area contributed by atoms with Gasteiger partial charge in [0.25, 0.3) is 0 Å². The standard InChI is InChI=1S/C13H15BrO3/c1-7(13(16)17)10-6-8-4-2-3-5-9(8)11(14)12(10)15/h6-7,15H,2-5H2,1H3,(H,16,17). The van der Waals surface area contributed by atoms with E-state index in [0.717, 1.165) is 31.2 Å². The van der Waals surface area contributed by atoms with Gasteiger partial charge in [-0.15, -0.1) is 0 Å². The van der Waals surface area contributed by atoms with E-state index in [9.17, 15) is 9.90 Å². The molecule has 17 heavy (non-hydrogen) atoms. The maximum atomic E-state index is 11.0. The van der Waals surface area contributed by atoms with Crippen LogP contribution < -0.4 is 0 Å². The van der Waals surface area contributed by atoms with Crippen molar-refractivity contribution in [2.75, 3.05) is 0 Å². The van der Waals surface area contributed by atoms with Crippen LogP contribution in [0.2, 0.25) is 0 Å². The van der Waals surface area contributed by atoms with Crippen molar-refractivity contribution < 1.29 is 15.0 Å². The highest BCUT2D eigenvalue weighted by Gasteiger charge is 2.24. The van der Waals surface area contributed by atoms with Crippen molar-refractivity contribution in [3.8, 4) is 5.75 Å². The molecule has 0 saturated heterocycles. The molecule has 0 aliphatic heterocycles. The van der Waals surface area contributed by atoms with Crippen LogP contribution in [0.5, 0.6) is 5.75 Å².